The fourth-order valence-electron chi connectivity index (χ4n) is 5.04. The summed E-state index contributed by atoms with van der Waals surface area (Å²) in [7, 11) is -3.92. The van der Waals surface area contributed by atoms with Crippen LogP contribution in [0.4, 0.5) is 20.2 Å². The van der Waals surface area contributed by atoms with Crippen molar-refractivity contribution in [1.29, 1.82) is 0 Å². The average molecular weight is 643 g/mol. The molecule has 3 aromatic rings. The highest BCUT2D eigenvalue weighted by Crippen LogP contribution is 2.33. The molecule has 1 saturated carbocycles. The summed E-state index contributed by atoms with van der Waals surface area (Å²) in [4.78, 5) is 26.7. The SMILES string of the molecule is CC(=O)Nc1ccc(S(=O)(=O)N2CCN(c3cnn(-c4cc(F)cc(F)c4)c(=O)c3O[C@H]3CC[C@H](Cl)C3)CC2)cc1Cl. The van der Waals surface area contributed by atoms with Crippen LogP contribution in [0.5, 0.6) is 5.75 Å². The number of carbonyl (C=O) groups excluding carboxylic acids is 1. The van der Waals surface area contributed by atoms with Crippen LogP contribution in [-0.4, -0.2) is 66.1 Å². The molecule has 0 bridgehead atoms. The lowest BCUT2D eigenvalue weighted by atomic mass is 10.2. The second-order valence-electron chi connectivity index (χ2n) is 10.1. The van der Waals surface area contributed by atoms with Gasteiger partial charge in [-0.25, -0.2) is 17.2 Å². The van der Waals surface area contributed by atoms with E-state index in [-0.39, 0.29) is 64.9 Å². The topological polar surface area (TPSA) is 114 Å². The number of sulfonamides is 1. The number of alkyl halides is 1. The highest BCUT2D eigenvalue weighted by atomic mass is 35.5. The number of piperazine rings is 1. The molecule has 5 rings (SSSR count). The molecule has 1 saturated heterocycles. The maximum absolute atomic E-state index is 13.9. The van der Waals surface area contributed by atoms with Crippen LogP contribution in [-0.2, 0) is 14.8 Å². The zero-order valence-corrected chi connectivity index (χ0v) is 24.7. The summed E-state index contributed by atoms with van der Waals surface area (Å²) in [6, 6.07) is 6.75. The maximum atomic E-state index is 13.9. The number of amides is 1. The van der Waals surface area contributed by atoms with Gasteiger partial charge in [0.2, 0.25) is 21.7 Å². The van der Waals surface area contributed by atoms with E-state index < -0.39 is 27.2 Å². The first-order valence-electron chi connectivity index (χ1n) is 13.1. The monoisotopic (exact) mass is 641 g/mol. The zero-order chi connectivity index (χ0) is 30.2. The molecule has 0 radical (unpaired) electrons. The molecule has 15 heteroatoms. The van der Waals surface area contributed by atoms with Gasteiger partial charge in [-0.05, 0) is 43.2 Å². The summed E-state index contributed by atoms with van der Waals surface area (Å²) in [5.74, 6) is -2.13. The van der Waals surface area contributed by atoms with Crippen molar-refractivity contribution in [2.24, 2.45) is 0 Å². The molecular formula is C27H27Cl2F2N5O5S. The normalized spacial score (nSPS) is 19.6. The second-order valence-corrected chi connectivity index (χ2v) is 13.0. The number of halogens is 4. The Kier molecular flexibility index (Phi) is 8.74. The predicted octanol–water partition coefficient (Wildman–Crippen LogP) is 4.17. The van der Waals surface area contributed by atoms with Gasteiger partial charge in [0.25, 0.3) is 0 Å². The second kappa shape index (κ2) is 12.2. The number of anilines is 2. The Balaban J connectivity index is 1.40. The van der Waals surface area contributed by atoms with Crippen molar-refractivity contribution in [3.8, 4) is 11.4 Å². The Bertz CT molecular complexity index is 1660. The van der Waals surface area contributed by atoms with Gasteiger partial charge in [0.1, 0.15) is 23.4 Å². The molecular weight excluding hydrogens is 615 g/mol. The fourth-order valence-corrected chi connectivity index (χ4v) is 7.10. The molecule has 0 unspecified atom stereocenters. The summed E-state index contributed by atoms with van der Waals surface area (Å²) in [6.07, 6.45) is 2.89. The summed E-state index contributed by atoms with van der Waals surface area (Å²) in [6.45, 7) is 1.89. The Morgan fingerprint density at radius 1 is 1.07 bits per heavy atom. The van der Waals surface area contributed by atoms with E-state index in [0.717, 1.165) is 16.8 Å². The van der Waals surface area contributed by atoms with Gasteiger partial charge in [0.05, 0.1) is 27.5 Å². The van der Waals surface area contributed by atoms with E-state index in [4.69, 9.17) is 27.9 Å². The summed E-state index contributed by atoms with van der Waals surface area (Å²) in [5.41, 5.74) is -0.175. The number of rotatable bonds is 7. The number of ether oxygens (including phenoxy) is 1. The van der Waals surface area contributed by atoms with Gasteiger partial charge in [-0.3, -0.25) is 9.59 Å². The van der Waals surface area contributed by atoms with Crippen molar-refractivity contribution in [1.82, 2.24) is 14.1 Å². The van der Waals surface area contributed by atoms with Crippen LogP contribution in [0, 0.1) is 11.6 Å². The molecule has 42 heavy (non-hydrogen) atoms. The Labute approximate surface area is 250 Å². The number of nitrogens with one attached hydrogen (secondary N) is 1. The number of nitrogens with zero attached hydrogens (tertiary/aromatic N) is 4. The molecule has 1 amide bonds. The average Bonchev–Trinajstić information content (AvgIpc) is 3.34. The van der Waals surface area contributed by atoms with E-state index >= 15 is 0 Å². The van der Waals surface area contributed by atoms with Crippen LogP contribution in [0.25, 0.3) is 5.69 Å². The van der Waals surface area contributed by atoms with Gasteiger partial charge < -0.3 is 15.0 Å². The number of carbonyl (C=O) groups is 1. The fraction of sp³-hybridized carbons (Fsp3) is 0.370. The predicted molar refractivity (Wildman–Crippen MR) is 154 cm³/mol. The lowest BCUT2D eigenvalue weighted by Gasteiger charge is -2.36. The smallest absolute Gasteiger partial charge is 0.316 e. The van der Waals surface area contributed by atoms with Gasteiger partial charge in [0.15, 0.2) is 0 Å². The number of aromatic nitrogens is 2. The van der Waals surface area contributed by atoms with Crippen molar-refractivity contribution < 1.29 is 26.7 Å². The van der Waals surface area contributed by atoms with E-state index in [1.165, 1.54) is 35.6 Å². The van der Waals surface area contributed by atoms with Crippen LogP contribution < -0.4 is 20.5 Å². The van der Waals surface area contributed by atoms with E-state index in [1.807, 2.05) is 0 Å². The van der Waals surface area contributed by atoms with Gasteiger partial charge >= 0.3 is 5.56 Å². The minimum absolute atomic E-state index is 0.0254. The van der Waals surface area contributed by atoms with Crippen molar-refractivity contribution in [3.05, 3.63) is 69.6 Å². The van der Waals surface area contributed by atoms with E-state index in [2.05, 4.69) is 10.4 Å². The Morgan fingerprint density at radius 3 is 2.36 bits per heavy atom. The molecule has 1 aromatic heterocycles. The van der Waals surface area contributed by atoms with Crippen molar-refractivity contribution in [3.63, 3.8) is 0 Å². The quantitative estimate of drug-likeness (QED) is 0.385. The molecule has 0 spiro atoms. The minimum atomic E-state index is -3.92. The van der Waals surface area contributed by atoms with Crippen LogP contribution in [0.3, 0.4) is 0 Å². The Morgan fingerprint density at radius 2 is 1.76 bits per heavy atom. The van der Waals surface area contributed by atoms with Gasteiger partial charge in [0, 0.05) is 51.0 Å². The molecule has 10 nitrogen and oxygen atoms in total. The number of benzene rings is 2. The van der Waals surface area contributed by atoms with Crippen LogP contribution in [0.2, 0.25) is 5.02 Å². The largest absolute Gasteiger partial charge is 0.483 e. The van der Waals surface area contributed by atoms with Crippen molar-refractivity contribution in [2.45, 2.75) is 42.6 Å². The molecule has 1 aliphatic heterocycles. The lowest BCUT2D eigenvalue weighted by molar-refractivity contribution is -0.114. The molecule has 2 aromatic carbocycles. The Hall–Kier alpha value is -3.26. The summed E-state index contributed by atoms with van der Waals surface area (Å²) >= 11 is 12.5. The lowest BCUT2D eigenvalue weighted by Crippen LogP contribution is -2.49. The zero-order valence-electron chi connectivity index (χ0n) is 22.4. The van der Waals surface area contributed by atoms with Gasteiger partial charge in [-0.2, -0.15) is 14.1 Å². The summed E-state index contributed by atoms with van der Waals surface area (Å²) in [5, 5.41) is 6.68. The molecule has 2 atom stereocenters. The maximum Gasteiger partial charge on any atom is 0.316 e. The third-order valence-electron chi connectivity index (χ3n) is 7.08. The third-order valence-corrected chi connectivity index (χ3v) is 9.68. The van der Waals surface area contributed by atoms with E-state index in [9.17, 15) is 26.8 Å². The van der Waals surface area contributed by atoms with Crippen LogP contribution in [0.1, 0.15) is 26.2 Å². The van der Waals surface area contributed by atoms with E-state index in [1.54, 1.807) is 4.90 Å². The highest BCUT2D eigenvalue weighted by Gasteiger charge is 2.32. The number of hydrogen-bond donors (Lipinski definition) is 1. The first-order valence-corrected chi connectivity index (χ1v) is 15.4. The molecule has 1 aliphatic carbocycles. The van der Waals surface area contributed by atoms with Gasteiger partial charge in [-0.1, -0.05) is 11.6 Å². The molecule has 2 heterocycles. The molecule has 2 fully saturated rings. The number of hydrogen-bond acceptors (Lipinski definition) is 7. The standard InChI is InChI=1S/C27H27Cl2F2N5O5S/c1-16(37)33-24-5-4-22(14-23(24)29)42(39,40)35-8-6-34(7-9-35)25-15-32-36(20-12-18(30)11-19(31)13-20)27(38)26(25)41-21-3-2-17(28)10-21/h4-5,11-15,17,21H,2-3,6-10H2,1H3,(H,33,37)/t17-,21-/m0/s1. The minimum Gasteiger partial charge on any atom is -0.483 e. The highest BCUT2D eigenvalue weighted by molar-refractivity contribution is 7.89. The van der Waals surface area contributed by atoms with Crippen LogP contribution >= 0.6 is 23.2 Å². The van der Waals surface area contributed by atoms with Gasteiger partial charge in [-0.15, -0.1) is 11.6 Å². The first-order chi connectivity index (χ1) is 19.9. The van der Waals surface area contributed by atoms with Crippen LogP contribution in [0.15, 0.2) is 52.3 Å². The first kappa shape index (κ1) is 30.2. The third kappa shape index (κ3) is 6.38. The van der Waals surface area contributed by atoms with E-state index in [0.29, 0.717) is 36.7 Å². The van der Waals surface area contributed by atoms with Crippen molar-refractivity contribution in [2.75, 3.05) is 36.4 Å². The van der Waals surface area contributed by atoms with Crippen molar-refractivity contribution >= 4 is 50.5 Å². The molecule has 1 N–H and O–H groups in total. The summed E-state index contributed by atoms with van der Waals surface area (Å²) < 4.78 is 62.8. The molecule has 2 aliphatic rings. The molecule has 224 valence electrons.